The number of ketones is 1. The second kappa shape index (κ2) is 6.74. The number of hydrogen-bond donors (Lipinski definition) is 0. The lowest BCUT2D eigenvalue weighted by Gasteiger charge is -2.26. The summed E-state index contributed by atoms with van der Waals surface area (Å²) in [5.74, 6) is 0.670. The molecule has 0 bridgehead atoms. The van der Waals surface area contributed by atoms with E-state index < -0.39 is 0 Å². The summed E-state index contributed by atoms with van der Waals surface area (Å²) < 4.78 is 5.69. The van der Waals surface area contributed by atoms with Crippen LogP contribution in [0.1, 0.15) is 43.0 Å². The van der Waals surface area contributed by atoms with Crippen molar-refractivity contribution in [3.05, 3.63) is 33.8 Å². The van der Waals surface area contributed by atoms with Crippen molar-refractivity contribution < 1.29 is 9.53 Å². The number of carbonyl (C=O) groups is 1. The van der Waals surface area contributed by atoms with Crippen molar-refractivity contribution in [2.45, 2.75) is 38.7 Å². The van der Waals surface area contributed by atoms with Gasteiger partial charge in [0.2, 0.25) is 0 Å². The van der Waals surface area contributed by atoms with E-state index in [2.05, 4.69) is 6.92 Å². The van der Waals surface area contributed by atoms with Gasteiger partial charge in [-0.05, 0) is 49.8 Å². The van der Waals surface area contributed by atoms with Crippen LogP contribution in [0.4, 0.5) is 0 Å². The van der Waals surface area contributed by atoms with E-state index in [9.17, 15) is 4.79 Å². The Hall–Kier alpha value is -0.570. The van der Waals surface area contributed by atoms with Crippen LogP contribution in [0.2, 0.25) is 10.0 Å². The molecular formula is C15H18Cl2O2. The number of carbonyl (C=O) groups excluding carboxylic acids is 1. The first-order chi connectivity index (χ1) is 9.06. The summed E-state index contributed by atoms with van der Waals surface area (Å²) in [6.45, 7) is 2.34. The Kier molecular flexibility index (Phi) is 5.26. The van der Waals surface area contributed by atoms with E-state index in [0.717, 1.165) is 18.8 Å². The van der Waals surface area contributed by atoms with Gasteiger partial charge in [0.1, 0.15) is 6.61 Å². The highest BCUT2D eigenvalue weighted by Crippen LogP contribution is 2.26. The highest BCUT2D eigenvalue weighted by molar-refractivity contribution is 6.35. The zero-order valence-electron chi connectivity index (χ0n) is 11.0. The topological polar surface area (TPSA) is 26.3 Å². The lowest BCUT2D eigenvalue weighted by molar-refractivity contribution is 0.0217. The Morgan fingerprint density at radius 2 is 1.95 bits per heavy atom. The van der Waals surface area contributed by atoms with Gasteiger partial charge in [-0.3, -0.25) is 4.79 Å². The average Bonchev–Trinajstić information content (AvgIpc) is 2.40. The van der Waals surface area contributed by atoms with Gasteiger partial charge in [0.25, 0.3) is 0 Å². The van der Waals surface area contributed by atoms with Crippen molar-refractivity contribution in [1.82, 2.24) is 0 Å². The molecule has 1 aromatic carbocycles. The first kappa shape index (κ1) is 14.8. The van der Waals surface area contributed by atoms with E-state index in [1.54, 1.807) is 18.2 Å². The molecule has 1 aliphatic carbocycles. The Bertz CT molecular complexity index is 451. The quantitative estimate of drug-likeness (QED) is 0.749. The molecule has 0 heterocycles. The maximum atomic E-state index is 12.1. The van der Waals surface area contributed by atoms with Gasteiger partial charge in [-0.25, -0.2) is 0 Å². The van der Waals surface area contributed by atoms with E-state index in [-0.39, 0.29) is 18.5 Å². The van der Waals surface area contributed by atoms with Crippen LogP contribution in [-0.2, 0) is 4.74 Å². The first-order valence-electron chi connectivity index (χ1n) is 6.66. The molecule has 0 N–H and O–H groups in total. The zero-order chi connectivity index (χ0) is 13.8. The molecule has 1 saturated carbocycles. The third-order valence-corrected chi connectivity index (χ3v) is 4.21. The molecule has 104 valence electrons. The molecule has 1 aromatic rings. The molecule has 0 aromatic heterocycles. The van der Waals surface area contributed by atoms with Gasteiger partial charge in [0.15, 0.2) is 5.78 Å². The van der Waals surface area contributed by atoms with Crippen LogP contribution in [0.25, 0.3) is 0 Å². The predicted octanol–water partition coefficient (Wildman–Crippen LogP) is 4.77. The first-order valence-corrected chi connectivity index (χ1v) is 7.41. The van der Waals surface area contributed by atoms with Crippen LogP contribution in [0.3, 0.4) is 0 Å². The third-order valence-electron chi connectivity index (χ3n) is 3.64. The molecule has 1 fully saturated rings. The van der Waals surface area contributed by atoms with Crippen molar-refractivity contribution in [1.29, 1.82) is 0 Å². The highest BCUT2D eigenvalue weighted by atomic mass is 35.5. The largest absolute Gasteiger partial charge is 0.370 e. The maximum Gasteiger partial charge on any atom is 0.190 e. The van der Waals surface area contributed by atoms with Gasteiger partial charge >= 0.3 is 0 Å². The van der Waals surface area contributed by atoms with E-state index in [0.29, 0.717) is 15.6 Å². The fraction of sp³-hybridized carbons (Fsp3) is 0.533. The SMILES string of the molecule is CC1CCC(OCC(=O)c2cc(Cl)ccc2Cl)CC1. The van der Waals surface area contributed by atoms with Crippen LogP contribution >= 0.6 is 23.2 Å². The Morgan fingerprint density at radius 3 is 2.63 bits per heavy atom. The van der Waals surface area contributed by atoms with Gasteiger partial charge in [-0.1, -0.05) is 30.1 Å². The molecule has 0 atom stereocenters. The minimum absolute atomic E-state index is 0.0825. The number of Topliss-reactive ketones (excluding diaryl/α,β-unsaturated/α-hetero) is 1. The van der Waals surface area contributed by atoms with Gasteiger partial charge in [0.05, 0.1) is 11.1 Å². The van der Waals surface area contributed by atoms with E-state index in [1.165, 1.54) is 12.8 Å². The smallest absolute Gasteiger partial charge is 0.190 e. The molecule has 19 heavy (non-hydrogen) atoms. The maximum absolute atomic E-state index is 12.1. The molecule has 1 aliphatic rings. The van der Waals surface area contributed by atoms with Crippen molar-refractivity contribution >= 4 is 29.0 Å². The zero-order valence-corrected chi connectivity index (χ0v) is 12.5. The Morgan fingerprint density at radius 1 is 1.26 bits per heavy atom. The van der Waals surface area contributed by atoms with E-state index in [4.69, 9.17) is 27.9 Å². The number of rotatable bonds is 4. The summed E-state index contributed by atoms with van der Waals surface area (Å²) >= 11 is 11.9. The number of benzene rings is 1. The van der Waals surface area contributed by atoms with Crippen LogP contribution in [0.5, 0.6) is 0 Å². The van der Waals surface area contributed by atoms with E-state index in [1.807, 2.05) is 0 Å². The number of ether oxygens (including phenoxy) is 1. The molecule has 0 spiro atoms. The van der Waals surface area contributed by atoms with Gasteiger partial charge < -0.3 is 4.74 Å². The molecule has 4 heteroatoms. The van der Waals surface area contributed by atoms with E-state index >= 15 is 0 Å². The average molecular weight is 301 g/mol. The van der Waals surface area contributed by atoms with Crippen molar-refractivity contribution in [2.24, 2.45) is 5.92 Å². The van der Waals surface area contributed by atoms with Crippen LogP contribution in [0, 0.1) is 5.92 Å². The summed E-state index contributed by atoms with van der Waals surface area (Å²) in [6.07, 6.45) is 4.64. The molecule has 0 amide bonds. The fourth-order valence-electron chi connectivity index (χ4n) is 2.38. The summed E-state index contributed by atoms with van der Waals surface area (Å²) in [5, 5.41) is 0.939. The summed E-state index contributed by atoms with van der Waals surface area (Å²) in [4.78, 5) is 12.1. The minimum atomic E-state index is -0.105. The monoisotopic (exact) mass is 300 g/mol. The van der Waals surface area contributed by atoms with Gasteiger partial charge in [-0.2, -0.15) is 0 Å². The molecule has 0 saturated heterocycles. The second-order valence-corrected chi connectivity index (χ2v) is 6.08. The van der Waals surface area contributed by atoms with Crippen LogP contribution in [0.15, 0.2) is 18.2 Å². The molecule has 2 rings (SSSR count). The highest BCUT2D eigenvalue weighted by Gasteiger charge is 2.20. The molecular weight excluding hydrogens is 283 g/mol. The number of hydrogen-bond acceptors (Lipinski definition) is 2. The van der Waals surface area contributed by atoms with Crippen LogP contribution < -0.4 is 0 Å². The molecule has 0 unspecified atom stereocenters. The predicted molar refractivity (Wildman–Crippen MR) is 78.2 cm³/mol. The minimum Gasteiger partial charge on any atom is -0.370 e. The van der Waals surface area contributed by atoms with Crippen molar-refractivity contribution in [3.63, 3.8) is 0 Å². The normalized spacial score (nSPS) is 23.3. The standard InChI is InChI=1S/C15H18Cl2O2/c1-10-2-5-12(6-3-10)19-9-15(18)13-8-11(16)4-7-14(13)17/h4,7-8,10,12H,2-3,5-6,9H2,1H3. The van der Waals surface area contributed by atoms with Crippen molar-refractivity contribution in [2.75, 3.05) is 6.61 Å². The van der Waals surface area contributed by atoms with Gasteiger partial charge in [-0.15, -0.1) is 0 Å². The lowest BCUT2D eigenvalue weighted by Crippen LogP contribution is -2.23. The molecule has 0 radical (unpaired) electrons. The fourth-order valence-corrected chi connectivity index (χ4v) is 2.77. The summed E-state index contributed by atoms with van der Waals surface area (Å²) in [6, 6.07) is 4.90. The molecule has 0 aliphatic heterocycles. The summed E-state index contributed by atoms with van der Waals surface area (Å²) in [5.41, 5.74) is 0.443. The number of halogens is 2. The molecule has 2 nitrogen and oxygen atoms in total. The van der Waals surface area contributed by atoms with Gasteiger partial charge in [0, 0.05) is 10.6 Å². The Labute approximate surface area is 124 Å². The van der Waals surface area contributed by atoms with Crippen molar-refractivity contribution in [3.8, 4) is 0 Å². The summed E-state index contributed by atoms with van der Waals surface area (Å²) in [7, 11) is 0. The Balaban J connectivity index is 1.89. The third kappa shape index (κ3) is 4.20. The second-order valence-electron chi connectivity index (χ2n) is 5.24. The van der Waals surface area contributed by atoms with Crippen LogP contribution in [-0.4, -0.2) is 18.5 Å². The lowest BCUT2D eigenvalue weighted by atomic mass is 9.89.